The van der Waals surface area contributed by atoms with Gasteiger partial charge in [0.25, 0.3) is 0 Å². The van der Waals surface area contributed by atoms with E-state index in [9.17, 15) is 0 Å². The Morgan fingerprint density at radius 3 is 2.65 bits per heavy atom. The molecule has 3 nitrogen and oxygen atoms in total. The molecule has 0 unspecified atom stereocenters. The van der Waals surface area contributed by atoms with Crippen LogP contribution in [0.4, 0.5) is 0 Å². The molecule has 1 aromatic carbocycles. The van der Waals surface area contributed by atoms with E-state index in [1.165, 1.54) is 32.4 Å². The summed E-state index contributed by atoms with van der Waals surface area (Å²) < 4.78 is 12.2. The summed E-state index contributed by atoms with van der Waals surface area (Å²) >= 11 is 9.44. The average molecular weight is 364 g/mol. The van der Waals surface area contributed by atoms with Crippen molar-refractivity contribution in [2.45, 2.75) is 19.3 Å². The van der Waals surface area contributed by atoms with Crippen molar-refractivity contribution in [3.8, 4) is 5.75 Å². The first-order valence-electron chi connectivity index (χ1n) is 7.25. The summed E-state index contributed by atoms with van der Waals surface area (Å²) in [6, 6.07) is 5.61. The lowest BCUT2D eigenvalue weighted by atomic mass is 10.1. The normalized spacial score (nSPS) is 16.3. The van der Waals surface area contributed by atoms with Crippen LogP contribution in [0, 0.1) is 0 Å². The first kappa shape index (κ1) is 16.1. The summed E-state index contributed by atoms with van der Waals surface area (Å²) in [4.78, 5) is 1.67. The van der Waals surface area contributed by atoms with Gasteiger partial charge in [-0.25, -0.2) is 0 Å². The van der Waals surface area contributed by atoms with E-state index in [-0.39, 0.29) is 0 Å². The molecule has 1 N–H and O–H groups in total. The molecule has 1 saturated heterocycles. The van der Waals surface area contributed by atoms with Gasteiger partial charge in [-0.05, 0) is 37.5 Å². The first-order valence-corrected chi connectivity index (χ1v) is 8.42. The minimum absolute atomic E-state index is 0.538. The SMILES string of the molecule is Clc1cc(Br)ccc1OCCOCC[NH+]1CCCCC1. The molecule has 1 aromatic rings. The van der Waals surface area contributed by atoms with Crippen molar-refractivity contribution in [3.63, 3.8) is 0 Å². The minimum atomic E-state index is 0.538. The Kier molecular flexibility index (Phi) is 7.14. The lowest BCUT2D eigenvalue weighted by Gasteiger charge is -2.23. The second-order valence-electron chi connectivity index (χ2n) is 5.10. The third-order valence-electron chi connectivity index (χ3n) is 3.54. The number of halogens is 2. The highest BCUT2D eigenvalue weighted by Gasteiger charge is 2.12. The number of nitrogens with one attached hydrogen (secondary N) is 1. The van der Waals surface area contributed by atoms with E-state index in [0.29, 0.717) is 24.0 Å². The maximum atomic E-state index is 6.07. The number of hydrogen-bond donors (Lipinski definition) is 1. The van der Waals surface area contributed by atoms with Crippen LogP contribution in [0.5, 0.6) is 5.75 Å². The summed E-state index contributed by atoms with van der Waals surface area (Å²) in [5, 5.41) is 0.622. The van der Waals surface area contributed by atoms with E-state index < -0.39 is 0 Å². The topological polar surface area (TPSA) is 22.9 Å². The average Bonchev–Trinajstić information content (AvgIpc) is 2.46. The molecule has 0 atom stereocenters. The zero-order valence-corrected chi connectivity index (χ0v) is 14.0. The fourth-order valence-electron chi connectivity index (χ4n) is 2.42. The predicted octanol–water partition coefficient (Wildman–Crippen LogP) is 2.57. The molecular formula is C15H22BrClNO2+. The Morgan fingerprint density at radius 1 is 1.10 bits per heavy atom. The van der Waals surface area contributed by atoms with E-state index in [1.54, 1.807) is 4.90 Å². The lowest BCUT2D eigenvalue weighted by molar-refractivity contribution is -0.905. The van der Waals surface area contributed by atoms with Gasteiger partial charge in [0, 0.05) is 4.47 Å². The van der Waals surface area contributed by atoms with E-state index in [4.69, 9.17) is 21.1 Å². The Labute approximate surface area is 134 Å². The predicted molar refractivity (Wildman–Crippen MR) is 84.9 cm³/mol. The number of quaternary nitrogens is 1. The third kappa shape index (κ3) is 5.60. The van der Waals surface area contributed by atoms with Crippen molar-refractivity contribution in [2.24, 2.45) is 0 Å². The summed E-state index contributed by atoms with van der Waals surface area (Å²) in [5.74, 6) is 0.708. The van der Waals surface area contributed by atoms with Crippen LogP contribution in [0.2, 0.25) is 5.02 Å². The molecule has 0 aromatic heterocycles. The molecule has 0 amide bonds. The van der Waals surface area contributed by atoms with Crippen molar-refractivity contribution < 1.29 is 14.4 Å². The Hall–Kier alpha value is -0.290. The van der Waals surface area contributed by atoms with Crippen molar-refractivity contribution in [3.05, 3.63) is 27.7 Å². The molecule has 0 saturated carbocycles. The molecule has 1 fully saturated rings. The Balaban J connectivity index is 1.55. The monoisotopic (exact) mass is 362 g/mol. The summed E-state index contributed by atoms with van der Waals surface area (Å²) in [7, 11) is 0. The number of benzene rings is 1. The second-order valence-corrected chi connectivity index (χ2v) is 6.42. The van der Waals surface area contributed by atoms with Crippen LogP contribution in [0.15, 0.2) is 22.7 Å². The van der Waals surface area contributed by atoms with Crippen molar-refractivity contribution >= 4 is 27.5 Å². The van der Waals surface area contributed by atoms with Crippen molar-refractivity contribution in [1.82, 2.24) is 0 Å². The minimum Gasteiger partial charge on any atom is -0.490 e. The molecule has 0 bridgehead atoms. The molecule has 20 heavy (non-hydrogen) atoms. The Morgan fingerprint density at radius 2 is 1.90 bits per heavy atom. The lowest BCUT2D eigenvalue weighted by Crippen LogP contribution is -3.13. The van der Waals surface area contributed by atoms with Crippen LogP contribution in [-0.4, -0.2) is 39.5 Å². The van der Waals surface area contributed by atoms with Crippen LogP contribution in [0.3, 0.4) is 0 Å². The van der Waals surface area contributed by atoms with E-state index in [1.807, 2.05) is 18.2 Å². The number of rotatable bonds is 7. The molecule has 1 aliphatic rings. The van der Waals surface area contributed by atoms with Crippen LogP contribution >= 0.6 is 27.5 Å². The maximum absolute atomic E-state index is 6.07. The van der Waals surface area contributed by atoms with Crippen LogP contribution in [0.1, 0.15) is 19.3 Å². The van der Waals surface area contributed by atoms with Gasteiger partial charge in [-0.3, -0.25) is 0 Å². The van der Waals surface area contributed by atoms with E-state index >= 15 is 0 Å². The molecule has 1 heterocycles. The molecule has 2 rings (SSSR count). The molecule has 1 aliphatic heterocycles. The van der Waals surface area contributed by atoms with Gasteiger partial charge in [0.05, 0.1) is 31.3 Å². The first-order chi connectivity index (χ1) is 9.75. The van der Waals surface area contributed by atoms with Crippen LogP contribution in [-0.2, 0) is 4.74 Å². The molecule has 0 radical (unpaired) electrons. The van der Waals surface area contributed by atoms with Gasteiger partial charge >= 0.3 is 0 Å². The van der Waals surface area contributed by atoms with Gasteiger partial charge in [-0.2, -0.15) is 0 Å². The third-order valence-corrected chi connectivity index (χ3v) is 4.33. The molecule has 112 valence electrons. The quantitative estimate of drug-likeness (QED) is 0.753. The van der Waals surface area contributed by atoms with E-state index in [2.05, 4.69) is 15.9 Å². The molecule has 5 heteroatoms. The van der Waals surface area contributed by atoms with Gasteiger partial charge in [-0.1, -0.05) is 27.5 Å². The fourth-order valence-corrected chi connectivity index (χ4v) is 3.15. The standard InChI is InChI=1S/C15H21BrClNO2/c16-13-4-5-15(14(17)12-13)20-11-10-19-9-8-18-6-2-1-3-7-18/h4-5,12H,1-3,6-11H2/p+1. The maximum Gasteiger partial charge on any atom is 0.138 e. The van der Waals surface area contributed by atoms with Crippen molar-refractivity contribution in [2.75, 3.05) is 39.5 Å². The second kappa shape index (κ2) is 8.88. The van der Waals surface area contributed by atoms with Crippen molar-refractivity contribution in [1.29, 1.82) is 0 Å². The number of piperidine rings is 1. The molecule has 0 spiro atoms. The van der Waals surface area contributed by atoms with Crippen LogP contribution in [0.25, 0.3) is 0 Å². The van der Waals surface area contributed by atoms with E-state index in [0.717, 1.165) is 17.6 Å². The number of hydrogen-bond acceptors (Lipinski definition) is 2. The Bertz CT molecular complexity index is 411. The number of likely N-dealkylation sites (tertiary alicyclic amines) is 1. The molecule has 0 aliphatic carbocycles. The number of ether oxygens (including phenoxy) is 2. The highest BCUT2D eigenvalue weighted by atomic mass is 79.9. The zero-order valence-electron chi connectivity index (χ0n) is 11.7. The largest absolute Gasteiger partial charge is 0.490 e. The van der Waals surface area contributed by atoms with Gasteiger partial charge in [-0.15, -0.1) is 0 Å². The zero-order chi connectivity index (χ0) is 14.2. The summed E-state index contributed by atoms with van der Waals surface area (Å²) in [6.07, 6.45) is 4.12. The van der Waals surface area contributed by atoms with Gasteiger partial charge in [0.1, 0.15) is 18.9 Å². The van der Waals surface area contributed by atoms with Gasteiger partial charge in [0.15, 0.2) is 0 Å². The summed E-state index contributed by atoms with van der Waals surface area (Å²) in [5.41, 5.74) is 0. The van der Waals surface area contributed by atoms with Crippen LogP contribution < -0.4 is 9.64 Å². The highest BCUT2D eigenvalue weighted by molar-refractivity contribution is 9.10. The smallest absolute Gasteiger partial charge is 0.138 e. The fraction of sp³-hybridized carbons (Fsp3) is 0.600. The van der Waals surface area contributed by atoms with Gasteiger partial charge < -0.3 is 14.4 Å². The van der Waals surface area contributed by atoms with Gasteiger partial charge in [0.2, 0.25) is 0 Å². The summed E-state index contributed by atoms with van der Waals surface area (Å²) in [6.45, 7) is 5.67. The highest BCUT2D eigenvalue weighted by Crippen LogP contribution is 2.27. The molecular weight excluding hydrogens is 342 g/mol.